The highest BCUT2D eigenvalue weighted by Gasteiger charge is 2.08. The molecule has 0 aliphatic carbocycles. The van der Waals surface area contributed by atoms with Crippen molar-refractivity contribution in [1.82, 2.24) is 9.36 Å². The van der Waals surface area contributed by atoms with Crippen molar-refractivity contribution in [3.63, 3.8) is 0 Å². The molecule has 23 heavy (non-hydrogen) atoms. The number of aryl methyl sites for hydroxylation is 1. The number of hydrogen-bond acceptors (Lipinski definition) is 4. The van der Waals surface area contributed by atoms with Crippen molar-refractivity contribution >= 4 is 51.6 Å². The molecule has 0 atom stereocenters. The predicted octanol–water partition coefficient (Wildman–Crippen LogP) is 6.03. The first kappa shape index (κ1) is 16.0. The molecule has 0 fully saturated rings. The summed E-state index contributed by atoms with van der Waals surface area (Å²) in [6.07, 6.45) is 1.71. The highest BCUT2D eigenvalue weighted by Crippen LogP contribution is 2.28. The Hall–Kier alpha value is -1.88. The summed E-state index contributed by atoms with van der Waals surface area (Å²) in [6, 6.07) is 15.9. The summed E-state index contributed by atoms with van der Waals surface area (Å²) >= 11 is 12.9. The summed E-state index contributed by atoms with van der Waals surface area (Å²) in [5.41, 5.74) is 3.90. The van der Waals surface area contributed by atoms with Crippen LogP contribution < -0.4 is 5.32 Å². The van der Waals surface area contributed by atoms with Gasteiger partial charge >= 0.3 is 0 Å². The van der Waals surface area contributed by atoms with E-state index in [1.165, 1.54) is 11.5 Å². The van der Waals surface area contributed by atoms with Crippen LogP contribution in [-0.2, 0) is 0 Å². The molecule has 0 amide bonds. The lowest BCUT2D eigenvalue weighted by Gasteiger charge is -2.08. The van der Waals surface area contributed by atoms with Crippen LogP contribution in [0.15, 0.2) is 53.0 Å². The van der Waals surface area contributed by atoms with Crippen LogP contribution in [0.3, 0.4) is 0 Å². The number of rotatable bonds is 4. The Labute approximate surface area is 148 Å². The lowest BCUT2D eigenvalue weighted by atomic mass is 10.1. The van der Waals surface area contributed by atoms with Gasteiger partial charge in [-0.1, -0.05) is 65.2 Å². The Kier molecular flexibility index (Phi) is 4.96. The van der Waals surface area contributed by atoms with Crippen molar-refractivity contribution in [3.05, 3.63) is 64.1 Å². The summed E-state index contributed by atoms with van der Waals surface area (Å²) in [6.45, 7) is 2.02. The maximum atomic E-state index is 5.80. The number of nitrogens with one attached hydrogen (secondary N) is 1. The standard InChI is InChI=1S/C17H13Cl2N3S/c1-11-7-8-14(13(9-11)10-15(18)19)20-17-21-16(22-23-17)12-5-3-2-4-6-12/h2-10H,1H3,(H,20,21,22). The van der Waals surface area contributed by atoms with E-state index in [4.69, 9.17) is 23.2 Å². The minimum atomic E-state index is 0.209. The zero-order valence-electron chi connectivity index (χ0n) is 12.3. The van der Waals surface area contributed by atoms with Crippen LogP contribution in [0.25, 0.3) is 17.5 Å². The Bertz CT molecular complexity index is 840. The van der Waals surface area contributed by atoms with Gasteiger partial charge in [-0.2, -0.15) is 9.36 Å². The number of aromatic nitrogens is 2. The van der Waals surface area contributed by atoms with Gasteiger partial charge in [0, 0.05) is 28.3 Å². The monoisotopic (exact) mass is 361 g/mol. The van der Waals surface area contributed by atoms with Gasteiger partial charge < -0.3 is 5.32 Å². The van der Waals surface area contributed by atoms with Crippen LogP contribution in [0.2, 0.25) is 0 Å². The molecule has 0 saturated carbocycles. The first-order valence-electron chi connectivity index (χ1n) is 6.91. The minimum absolute atomic E-state index is 0.209. The average molecular weight is 362 g/mol. The summed E-state index contributed by atoms with van der Waals surface area (Å²) in [7, 11) is 0. The zero-order valence-corrected chi connectivity index (χ0v) is 14.6. The van der Waals surface area contributed by atoms with Crippen molar-refractivity contribution in [1.29, 1.82) is 0 Å². The quantitative estimate of drug-likeness (QED) is 0.615. The normalized spacial score (nSPS) is 10.4. The van der Waals surface area contributed by atoms with Crippen molar-refractivity contribution in [2.45, 2.75) is 6.92 Å². The van der Waals surface area contributed by atoms with Gasteiger partial charge in [0.1, 0.15) is 4.49 Å². The Morgan fingerprint density at radius 2 is 1.91 bits per heavy atom. The molecule has 0 aliphatic heterocycles. The van der Waals surface area contributed by atoms with Crippen LogP contribution in [0.5, 0.6) is 0 Å². The van der Waals surface area contributed by atoms with Gasteiger partial charge in [-0.25, -0.2) is 0 Å². The number of anilines is 2. The molecule has 0 radical (unpaired) electrons. The average Bonchev–Trinajstić information content (AvgIpc) is 2.99. The Morgan fingerprint density at radius 1 is 1.13 bits per heavy atom. The number of nitrogens with zero attached hydrogens (tertiary/aromatic N) is 2. The van der Waals surface area contributed by atoms with Gasteiger partial charge in [0.05, 0.1) is 0 Å². The lowest BCUT2D eigenvalue weighted by Crippen LogP contribution is -1.93. The SMILES string of the molecule is Cc1ccc(Nc2nc(-c3ccccc3)ns2)c(C=C(Cl)Cl)c1. The Balaban J connectivity index is 1.89. The van der Waals surface area contributed by atoms with Crippen LogP contribution in [0.1, 0.15) is 11.1 Å². The second-order valence-corrected chi connectivity index (χ2v) is 6.70. The Morgan fingerprint density at radius 3 is 2.65 bits per heavy atom. The molecule has 0 saturated heterocycles. The fourth-order valence-corrected chi connectivity index (χ4v) is 2.96. The first-order valence-corrected chi connectivity index (χ1v) is 8.44. The van der Waals surface area contributed by atoms with E-state index >= 15 is 0 Å². The number of halogens is 2. The predicted molar refractivity (Wildman–Crippen MR) is 99.5 cm³/mol. The molecule has 1 N–H and O–H groups in total. The number of hydrogen-bond donors (Lipinski definition) is 1. The van der Waals surface area contributed by atoms with Crippen molar-refractivity contribution in [3.8, 4) is 11.4 Å². The molecule has 0 aliphatic rings. The molecule has 3 nitrogen and oxygen atoms in total. The third-order valence-corrected chi connectivity index (χ3v) is 4.02. The molecule has 1 aromatic heterocycles. The molecule has 1 heterocycles. The molecule has 2 aromatic carbocycles. The van der Waals surface area contributed by atoms with E-state index in [0.717, 1.165) is 22.4 Å². The molecule has 6 heteroatoms. The topological polar surface area (TPSA) is 37.8 Å². The van der Waals surface area contributed by atoms with Crippen molar-refractivity contribution in [2.75, 3.05) is 5.32 Å². The highest BCUT2D eigenvalue weighted by molar-refractivity contribution is 7.10. The molecular weight excluding hydrogens is 349 g/mol. The fourth-order valence-electron chi connectivity index (χ4n) is 2.13. The minimum Gasteiger partial charge on any atom is -0.330 e. The molecular formula is C17H13Cl2N3S. The summed E-state index contributed by atoms with van der Waals surface area (Å²) in [5.74, 6) is 0.706. The smallest absolute Gasteiger partial charge is 0.207 e. The maximum Gasteiger partial charge on any atom is 0.207 e. The van der Waals surface area contributed by atoms with E-state index in [2.05, 4.69) is 14.7 Å². The van der Waals surface area contributed by atoms with Gasteiger partial charge in [-0.15, -0.1) is 0 Å². The van der Waals surface area contributed by atoms with E-state index in [1.807, 2.05) is 55.5 Å². The summed E-state index contributed by atoms with van der Waals surface area (Å²) in [4.78, 5) is 4.53. The molecule has 0 unspecified atom stereocenters. The second kappa shape index (κ2) is 7.13. The fraction of sp³-hybridized carbons (Fsp3) is 0.0588. The van der Waals surface area contributed by atoms with E-state index in [9.17, 15) is 0 Å². The third-order valence-electron chi connectivity index (χ3n) is 3.17. The van der Waals surface area contributed by atoms with Gasteiger partial charge in [0.2, 0.25) is 5.13 Å². The van der Waals surface area contributed by atoms with Crippen LogP contribution in [0.4, 0.5) is 10.8 Å². The van der Waals surface area contributed by atoms with E-state index < -0.39 is 0 Å². The maximum absolute atomic E-state index is 5.80. The van der Waals surface area contributed by atoms with Crippen molar-refractivity contribution < 1.29 is 0 Å². The van der Waals surface area contributed by atoms with E-state index in [0.29, 0.717) is 11.0 Å². The molecule has 0 bridgehead atoms. The van der Waals surface area contributed by atoms with Crippen LogP contribution >= 0.6 is 34.7 Å². The first-order chi connectivity index (χ1) is 11.1. The zero-order chi connectivity index (χ0) is 16.2. The van der Waals surface area contributed by atoms with Gasteiger partial charge in [-0.3, -0.25) is 0 Å². The molecule has 3 rings (SSSR count). The second-order valence-electron chi connectivity index (χ2n) is 4.94. The molecule has 3 aromatic rings. The largest absolute Gasteiger partial charge is 0.330 e. The van der Waals surface area contributed by atoms with Gasteiger partial charge in [0.15, 0.2) is 5.82 Å². The van der Waals surface area contributed by atoms with E-state index in [1.54, 1.807) is 6.08 Å². The lowest BCUT2D eigenvalue weighted by molar-refractivity contribution is 1.31. The molecule has 0 spiro atoms. The van der Waals surface area contributed by atoms with Gasteiger partial charge in [-0.05, 0) is 25.1 Å². The van der Waals surface area contributed by atoms with Crippen LogP contribution in [0, 0.1) is 6.92 Å². The number of benzene rings is 2. The highest BCUT2D eigenvalue weighted by atomic mass is 35.5. The van der Waals surface area contributed by atoms with Gasteiger partial charge in [0.25, 0.3) is 0 Å². The van der Waals surface area contributed by atoms with Crippen LogP contribution in [-0.4, -0.2) is 9.36 Å². The van der Waals surface area contributed by atoms with Crippen molar-refractivity contribution in [2.24, 2.45) is 0 Å². The molecule has 116 valence electrons. The third kappa shape index (κ3) is 4.10. The summed E-state index contributed by atoms with van der Waals surface area (Å²) < 4.78 is 4.60. The summed E-state index contributed by atoms with van der Waals surface area (Å²) in [5, 5.41) is 3.99. The van der Waals surface area contributed by atoms with E-state index in [-0.39, 0.29) is 4.49 Å².